The Morgan fingerprint density at radius 2 is 1.65 bits per heavy atom. The van der Waals surface area contributed by atoms with E-state index in [1.165, 1.54) is 64.8 Å². The van der Waals surface area contributed by atoms with Gasteiger partial charge in [-0.1, -0.05) is 26.2 Å². The summed E-state index contributed by atoms with van der Waals surface area (Å²) in [7, 11) is 0. The lowest BCUT2D eigenvalue weighted by molar-refractivity contribution is 0.0905. The minimum Gasteiger partial charge on any atom is -0.313 e. The van der Waals surface area contributed by atoms with Crippen LogP contribution in [-0.2, 0) is 0 Å². The van der Waals surface area contributed by atoms with Crippen LogP contribution in [0.15, 0.2) is 0 Å². The van der Waals surface area contributed by atoms with Crippen molar-refractivity contribution >= 4 is 0 Å². The highest BCUT2D eigenvalue weighted by Gasteiger charge is 2.26. The molecule has 0 spiro atoms. The number of rotatable bonds is 6. The summed E-state index contributed by atoms with van der Waals surface area (Å²) >= 11 is 0. The maximum absolute atomic E-state index is 3.78. The van der Waals surface area contributed by atoms with E-state index in [2.05, 4.69) is 35.9 Å². The van der Waals surface area contributed by atoms with Crippen LogP contribution in [0.25, 0.3) is 0 Å². The molecule has 2 aliphatic rings. The predicted molar refractivity (Wildman–Crippen MR) is 87.2 cm³/mol. The molecule has 0 aromatic heterocycles. The summed E-state index contributed by atoms with van der Waals surface area (Å²) in [4.78, 5) is 5.31. The molecule has 1 saturated carbocycles. The van der Waals surface area contributed by atoms with Crippen LogP contribution in [0.1, 0.15) is 52.9 Å². The van der Waals surface area contributed by atoms with Crippen molar-refractivity contribution in [2.24, 2.45) is 5.92 Å². The summed E-state index contributed by atoms with van der Waals surface area (Å²) in [6.07, 6.45) is 7.26. The third kappa shape index (κ3) is 4.71. The fourth-order valence-corrected chi connectivity index (χ4v) is 3.92. The molecule has 20 heavy (non-hydrogen) atoms. The third-order valence-electron chi connectivity index (χ3n) is 5.28. The van der Waals surface area contributed by atoms with Gasteiger partial charge in [-0.25, -0.2) is 0 Å². The average Bonchev–Trinajstić information content (AvgIpc) is 2.48. The van der Waals surface area contributed by atoms with Crippen molar-refractivity contribution in [3.05, 3.63) is 0 Å². The number of nitrogens with one attached hydrogen (secondary N) is 1. The number of likely N-dealkylation sites (N-methyl/N-ethyl adjacent to an activating group) is 1. The van der Waals surface area contributed by atoms with Gasteiger partial charge < -0.3 is 5.32 Å². The molecule has 3 nitrogen and oxygen atoms in total. The van der Waals surface area contributed by atoms with Crippen LogP contribution in [0.2, 0.25) is 0 Å². The van der Waals surface area contributed by atoms with Crippen molar-refractivity contribution in [2.45, 2.75) is 65.0 Å². The van der Waals surface area contributed by atoms with Gasteiger partial charge >= 0.3 is 0 Å². The number of nitrogens with zero attached hydrogens (tertiary/aromatic N) is 2. The molecule has 0 aromatic rings. The van der Waals surface area contributed by atoms with Crippen LogP contribution in [0.4, 0.5) is 0 Å². The first-order valence-electron chi connectivity index (χ1n) is 8.90. The zero-order chi connectivity index (χ0) is 14.4. The molecule has 1 aliphatic carbocycles. The molecule has 118 valence electrons. The van der Waals surface area contributed by atoms with Crippen molar-refractivity contribution in [3.63, 3.8) is 0 Å². The number of piperazine rings is 1. The molecular weight excluding hydrogens is 246 g/mol. The molecule has 1 atom stereocenters. The smallest absolute Gasteiger partial charge is 0.0223 e. The van der Waals surface area contributed by atoms with E-state index in [0.717, 1.165) is 18.5 Å². The lowest BCUT2D eigenvalue weighted by Gasteiger charge is -2.40. The second-order valence-electron chi connectivity index (χ2n) is 6.99. The molecule has 2 rings (SSSR count). The van der Waals surface area contributed by atoms with Gasteiger partial charge in [0, 0.05) is 44.8 Å². The van der Waals surface area contributed by atoms with Gasteiger partial charge in [0.15, 0.2) is 0 Å². The molecule has 2 fully saturated rings. The van der Waals surface area contributed by atoms with Gasteiger partial charge in [-0.3, -0.25) is 9.80 Å². The Morgan fingerprint density at radius 1 is 1.00 bits per heavy atom. The summed E-state index contributed by atoms with van der Waals surface area (Å²) in [5, 5.41) is 3.78. The van der Waals surface area contributed by atoms with Crippen LogP contribution in [0.5, 0.6) is 0 Å². The zero-order valence-electron chi connectivity index (χ0n) is 13.9. The van der Waals surface area contributed by atoms with Crippen molar-refractivity contribution in [1.82, 2.24) is 15.1 Å². The molecule has 1 saturated heterocycles. The molecule has 1 aliphatic heterocycles. The van der Waals surface area contributed by atoms with Crippen molar-refractivity contribution in [2.75, 3.05) is 39.3 Å². The fraction of sp³-hybridized carbons (Fsp3) is 1.00. The van der Waals surface area contributed by atoms with E-state index in [1.807, 2.05) is 0 Å². The fourth-order valence-electron chi connectivity index (χ4n) is 3.92. The van der Waals surface area contributed by atoms with E-state index in [4.69, 9.17) is 0 Å². The van der Waals surface area contributed by atoms with Crippen molar-refractivity contribution < 1.29 is 0 Å². The Bertz CT molecular complexity index is 253. The molecule has 3 heteroatoms. The summed E-state index contributed by atoms with van der Waals surface area (Å²) in [5.41, 5.74) is 0. The quantitative estimate of drug-likeness (QED) is 0.807. The van der Waals surface area contributed by atoms with Gasteiger partial charge in [-0.15, -0.1) is 0 Å². The van der Waals surface area contributed by atoms with Crippen LogP contribution in [0.3, 0.4) is 0 Å². The Kier molecular flexibility index (Phi) is 6.79. The van der Waals surface area contributed by atoms with Crippen LogP contribution in [0, 0.1) is 5.92 Å². The molecule has 1 unspecified atom stereocenters. The third-order valence-corrected chi connectivity index (χ3v) is 5.28. The van der Waals surface area contributed by atoms with Gasteiger partial charge in [-0.05, 0) is 39.2 Å². The lowest BCUT2D eigenvalue weighted by Crippen LogP contribution is -2.53. The summed E-state index contributed by atoms with van der Waals surface area (Å²) in [6.45, 7) is 14.3. The first-order valence-corrected chi connectivity index (χ1v) is 8.90. The van der Waals surface area contributed by atoms with E-state index in [-0.39, 0.29) is 0 Å². The van der Waals surface area contributed by atoms with Gasteiger partial charge in [0.25, 0.3) is 0 Å². The minimum atomic E-state index is 0.708. The highest BCUT2D eigenvalue weighted by atomic mass is 15.3. The topological polar surface area (TPSA) is 18.5 Å². The molecular formula is C17H35N3. The molecule has 1 N–H and O–H groups in total. The van der Waals surface area contributed by atoms with Crippen LogP contribution in [-0.4, -0.2) is 61.2 Å². The highest BCUT2D eigenvalue weighted by molar-refractivity contribution is 4.84. The van der Waals surface area contributed by atoms with E-state index in [9.17, 15) is 0 Å². The largest absolute Gasteiger partial charge is 0.313 e. The summed E-state index contributed by atoms with van der Waals surface area (Å²) in [5.74, 6) is 0.923. The van der Waals surface area contributed by atoms with E-state index in [1.54, 1.807) is 0 Å². The Morgan fingerprint density at radius 3 is 2.20 bits per heavy atom. The van der Waals surface area contributed by atoms with Crippen LogP contribution < -0.4 is 5.32 Å². The number of hydrogen-bond donors (Lipinski definition) is 1. The van der Waals surface area contributed by atoms with E-state index < -0.39 is 0 Å². The normalized spacial score (nSPS) is 25.2. The standard InChI is InChI=1S/C17H35N3/c1-4-18-17(16-8-6-5-7-9-16)14-19-10-12-20(13-11-19)15(2)3/h15-18H,4-14H2,1-3H3. The monoisotopic (exact) mass is 281 g/mol. The second kappa shape index (κ2) is 8.35. The Labute approximate surface area is 126 Å². The maximum atomic E-state index is 3.78. The average molecular weight is 281 g/mol. The molecule has 0 aromatic carbocycles. The van der Waals surface area contributed by atoms with Crippen LogP contribution >= 0.6 is 0 Å². The Balaban J connectivity index is 1.79. The summed E-state index contributed by atoms with van der Waals surface area (Å²) < 4.78 is 0. The minimum absolute atomic E-state index is 0.708. The predicted octanol–water partition coefficient (Wildman–Crippen LogP) is 2.57. The molecule has 1 heterocycles. The zero-order valence-corrected chi connectivity index (χ0v) is 13.9. The SMILES string of the molecule is CCNC(CN1CCN(C(C)C)CC1)C1CCCCC1. The van der Waals surface area contributed by atoms with Crippen molar-refractivity contribution in [3.8, 4) is 0 Å². The van der Waals surface area contributed by atoms with Gasteiger partial charge in [-0.2, -0.15) is 0 Å². The first-order chi connectivity index (χ1) is 9.70. The highest BCUT2D eigenvalue weighted by Crippen LogP contribution is 2.27. The molecule has 0 bridgehead atoms. The van der Waals surface area contributed by atoms with E-state index in [0.29, 0.717) is 6.04 Å². The lowest BCUT2D eigenvalue weighted by atomic mass is 9.83. The van der Waals surface area contributed by atoms with Gasteiger partial charge in [0.2, 0.25) is 0 Å². The Hall–Kier alpha value is -0.120. The number of hydrogen-bond acceptors (Lipinski definition) is 3. The molecule has 0 amide bonds. The summed E-state index contributed by atoms with van der Waals surface area (Å²) in [6, 6.07) is 1.44. The maximum Gasteiger partial charge on any atom is 0.0223 e. The van der Waals surface area contributed by atoms with Gasteiger partial charge in [0.1, 0.15) is 0 Å². The molecule has 0 radical (unpaired) electrons. The van der Waals surface area contributed by atoms with E-state index >= 15 is 0 Å². The van der Waals surface area contributed by atoms with Crippen molar-refractivity contribution in [1.29, 1.82) is 0 Å². The second-order valence-corrected chi connectivity index (χ2v) is 6.99. The first kappa shape index (κ1) is 16.3. The van der Waals surface area contributed by atoms with Gasteiger partial charge in [0.05, 0.1) is 0 Å².